The Kier molecular flexibility index (Phi) is 3.65. The highest BCUT2D eigenvalue weighted by atomic mass is 16.3. The first-order valence-corrected chi connectivity index (χ1v) is 6.67. The van der Waals surface area contributed by atoms with Gasteiger partial charge in [0.1, 0.15) is 11.3 Å². The van der Waals surface area contributed by atoms with E-state index in [0.717, 1.165) is 29.9 Å². The molecule has 0 aliphatic rings. The maximum absolute atomic E-state index is 5.67. The molecule has 2 aromatic heterocycles. The highest BCUT2D eigenvalue weighted by molar-refractivity contribution is 5.76. The quantitative estimate of drug-likeness (QED) is 0.766. The zero-order chi connectivity index (χ0) is 13.8. The summed E-state index contributed by atoms with van der Waals surface area (Å²) in [5.41, 5.74) is 2.87. The minimum absolute atomic E-state index is 0.581. The fourth-order valence-corrected chi connectivity index (χ4v) is 1.98. The van der Waals surface area contributed by atoms with Crippen LogP contribution in [0.3, 0.4) is 0 Å². The molecule has 3 aromatic rings. The van der Waals surface area contributed by atoms with E-state index >= 15 is 0 Å². The first kappa shape index (κ1) is 12.7. The number of fused-ring (bicyclic) bond motifs is 1. The van der Waals surface area contributed by atoms with Crippen molar-refractivity contribution < 1.29 is 8.83 Å². The predicted molar refractivity (Wildman–Crippen MR) is 79.0 cm³/mol. The van der Waals surface area contributed by atoms with Gasteiger partial charge in [0.2, 0.25) is 5.89 Å². The molecule has 0 radical (unpaired) electrons. The Morgan fingerprint density at radius 3 is 3.00 bits per heavy atom. The number of rotatable bonds is 5. The van der Waals surface area contributed by atoms with Crippen molar-refractivity contribution in [3.05, 3.63) is 53.8 Å². The van der Waals surface area contributed by atoms with E-state index in [1.165, 1.54) is 5.56 Å². The molecule has 1 N–H and O–H groups in total. The summed E-state index contributed by atoms with van der Waals surface area (Å²) in [6.45, 7) is 3.89. The van der Waals surface area contributed by atoms with Crippen LogP contribution in [-0.2, 0) is 6.54 Å². The summed E-state index contributed by atoms with van der Waals surface area (Å²) < 4.78 is 10.9. The van der Waals surface area contributed by atoms with Gasteiger partial charge in [-0.25, -0.2) is 4.98 Å². The van der Waals surface area contributed by atoms with Crippen LogP contribution in [0.15, 0.2) is 45.4 Å². The zero-order valence-corrected chi connectivity index (χ0v) is 11.3. The van der Waals surface area contributed by atoms with E-state index in [0.29, 0.717) is 5.89 Å². The fourth-order valence-electron chi connectivity index (χ4n) is 1.98. The molecule has 4 nitrogen and oxygen atoms in total. The molecule has 3 rings (SSSR count). The molecular formula is C16H16N2O2. The highest BCUT2D eigenvalue weighted by Gasteiger charge is 2.04. The highest BCUT2D eigenvalue weighted by Crippen LogP contribution is 2.19. The van der Waals surface area contributed by atoms with Crippen LogP contribution in [0.5, 0.6) is 0 Å². The molecule has 1 aromatic carbocycles. The predicted octanol–water partition coefficient (Wildman–Crippen LogP) is 3.70. The second-order valence-corrected chi connectivity index (χ2v) is 4.48. The van der Waals surface area contributed by atoms with Gasteiger partial charge in [-0.1, -0.05) is 13.0 Å². The first-order valence-electron chi connectivity index (χ1n) is 6.67. The van der Waals surface area contributed by atoms with Crippen LogP contribution >= 0.6 is 0 Å². The zero-order valence-electron chi connectivity index (χ0n) is 11.3. The minimum Gasteiger partial charge on any atom is -0.465 e. The van der Waals surface area contributed by atoms with Gasteiger partial charge < -0.3 is 14.2 Å². The topological polar surface area (TPSA) is 51.2 Å². The third kappa shape index (κ3) is 2.81. The van der Waals surface area contributed by atoms with Crippen molar-refractivity contribution in [3.63, 3.8) is 0 Å². The van der Waals surface area contributed by atoms with Gasteiger partial charge in [0, 0.05) is 12.6 Å². The Morgan fingerprint density at radius 1 is 1.25 bits per heavy atom. The van der Waals surface area contributed by atoms with E-state index in [1.807, 2.05) is 36.4 Å². The largest absolute Gasteiger partial charge is 0.465 e. The standard InChI is InChI=1S/C16H16N2O2/c1-2-17-11-12-5-7-15-14(10-12)18-16(20-15)8-6-13-4-3-9-19-13/h3-10,17H,2,11H2,1H3/b8-6-. The van der Waals surface area contributed by atoms with Crippen molar-refractivity contribution in [1.29, 1.82) is 0 Å². The first-order chi connectivity index (χ1) is 9.85. The van der Waals surface area contributed by atoms with Gasteiger partial charge in [-0.15, -0.1) is 0 Å². The van der Waals surface area contributed by atoms with Crippen LogP contribution in [0.1, 0.15) is 24.1 Å². The molecule has 0 spiro atoms. The molecule has 0 amide bonds. The summed E-state index contributed by atoms with van der Waals surface area (Å²) >= 11 is 0. The van der Waals surface area contributed by atoms with Crippen LogP contribution in [0.2, 0.25) is 0 Å². The Hall–Kier alpha value is -2.33. The normalized spacial score (nSPS) is 11.7. The van der Waals surface area contributed by atoms with Crippen LogP contribution in [0.4, 0.5) is 0 Å². The summed E-state index contributed by atoms with van der Waals surface area (Å²) in [5.74, 6) is 1.36. The number of nitrogens with zero attached hydrogens (tertiary/aromatic N) is 1. The Morgan fingerprint density at radius 2 is 2.20 bits per heavy atom. The summed E-state index contributed by atoms with van der Waals surface area (Å²) in [7, 11) is 0. The molecule has 0 saturated heterocycles. The van der Waals surface area contributed by atoms with Gasteiger partial charge in [0.25, 0.3) is 0 Å². The molecular weight excluding hydrogens is 252 g/mol. The van der Waals surface area contributed by atoms with E-state index < -0.39 is 0 Å². The number of nitrogens with one attached hydrogen (secondary N) is 1. The van der Waals surface area contributed by atoms with Crippen molar-refractivity contribution in [2.75, 3.05) is 6.54 Å². The number of hydrogen-bond donors (Lipinski definition) is 1. The van der Waals surface area contributed by atoms with Gasteiger partial charge in [0.15, 0.2) is 5.58 Å². The monoisotopic (exact) mass is 268 g/mol. The van der Waals surface area contributed by atoms with Crippen LogP contribution in [-0.4, -0.2) is 11.5 Å². The maximum Gasteiger partial charge on any atom is 0.220 e. The molecule has 20 heavy (non-hydrogen) atoms. The van der Waals surface area contributed by atoms with Gasteiger partial charge in [-0.05, 0) is 42.4 Å². The Balaban J connectivity index is 1.83. The second-order valence-electron chi connectivity index (χ2n) is 4.48. The van der Waals surface area contributed by atoms with E-state index in [4.69, 9.17) is 8.83 Å². The van der Waals surface area contributed by atoms with Crippen molar-refractivity contribution >= 4 is 23.3 Å². The molecule has 0 aliphatic carbocycles. The van der Waals surface area contributed by atoms with E-state index in [9.17, 15) is 0 Å². The molecule has 0 fully saturated rings. The molecule has 4 heteroatoms. The van der Waals surface area contributed by atoms with Crippen molar-refractivity contribution in [1.82, 2.24) is 10.3 Å². The number of aromatic nitrogens is 1. The smallest absolute Gasteiger partial charge is 0.220 e. The number of oxazole rings is 1. The van der Waals surface area contributed by atoms with Crippen molar-refractivity contribution in [3.8, 4) is 0 Å². The van der Waals surface area contributed by atoms with Gasteiger partial charge in [-0.2, -0.15) is 0 Å². The summed E-state index contributed by atoms with van der Waals surface area (Å²) in [6, 6.07) is 9.79. The van der Waals surface area contributed by atoms with Crippen LogP contribution in [0, 0.1) is 0 Å². The number of hydrogen-bond acceptors (Lipinski definition) is 4. The van der Waals surface area contributed by atoms with Crippen LogP contribution in [0.25, 0.3) is 23.3 Å². The Bertz CT molecular complexity index is 711. The lowest BCUT2D eigenvalue weighted by atomic mass is 10.2. The van der Waals surface area contributed by atoms with Gasteiger partial charge in [-0.3, -0.25) is 0 Å². The summed E-state index contributed by atoms with van der Waals surface area (Å²) in [5, 5.41) is 3.29. The molecule has 102 valence electrons. The molecule has 0 atom stereocenters. The maximum atomic E-state index is 5.67. The molecule has 2 heterocycles. The molecule has 0 aliphatic heterocycles. The summed E-state index contributed by atoms with van der Waals surface area (Å²) in [4.78, 5) is 4.46. The average molecular weight is 268 g/mol. The molecule has 0 unspecified atom stereocenters. The van der Waals surface area contributed by atoms with E-state index in [2.05, 4.69) is 23.3 Å². The SMILES string of the molecule is CCNCc1ccc2oc(/C=C\c3ccco3)nc2c1. The van der Waals surface area contributed by atoms with Crippen LogP contribution < -0.4 is 5.32 Å². The lowest BCUT2D eigenvalue weighted by Crippen LogP contribution is -2.11. The fraction of sp³-hybridized carbons (Fsp3) is 0.188. The van der Waals surface area contributed by atoms with Crippen molar-refractivity contribution in [2.45, 2.75) is 13.5 Å². The lowest BCUT2D eigenvalue weighted by Gasteiger charge is -2.00. The molecule has 0 saturated carbocycles. The second kappa shape index (κ2) is 5.75. The number of furan rings is 1. The third-order valence-corrected chi connectivity index (χ3v) is 2.98. The lowest BCUT2D eigenvalue weighted by molar-refractivity contribution is 0.556. The Labute approximate surface area is 117 Å². The van der Waals surface area contributed by atoms with E-state index in [1.54, 1.807) is 6.26 Å². The van der Waals surface area contributed by atoms with Gasteiger partial charge in [0.05, 0.1) is 6.26 Å². The average Bonchev–Trinajstić information content (AvgIpc) is 3.11. The minimum atomic E-state index is 0.581. The summed E-state index contributed by atoms with van der Waals surface area (Å²) in [6.07, 6.45) is 5.28. The van der Waals surface area contributed by atoms with E-state index in [-0.39, 0.29) is 0 Å². The van der Waals surface area contributed by atoms with Gasteiger partial charge >= 0.3 is 0 Å². The number of benzene rings is 1. The third-order valence-electron chi connectivity index (χ3n) is 2.98. The van der Waals surface area contributed by atoms with Crippen molar-refractivity contribution in [2.24, 2.45) is 0 Å². The molecule has 0 bridgehead atoms.